The number of anilines is 1. The van der Waals surface area contributed by atoms with Gasteiger partial charge in [-0.1, -0.05) is 12.1 Å². The van der Waals surface area contributed by atoms with Gasteiger partial charge in [-0.3, -0.25) is 4.79 Å². The first kappa shape index (κ1) is 11.4. The number of hydrogen-bond donors (Lipinski definition) is 1. The van der Waals surface area contributed by atoms with Crippen LogP contribution in [0.3, 0.4) is 0 Å². The Morgan fingerprint density at radius 3 is 2.71 bits per heavy atom. The number of rotatable bonds is 2. The van der Waals surface area contributed by atoms with Crippen LogP contribution in [0.1, 0.15) is 27.6 Å². The van der Waals surface area contributed by atoms with Gasteiger partial charge in [0.2, 0.25) is 5.76 Å². The molecule has 2 rings (SSSR count). The lowest BCUT2D eigenvalue weighted by molar-refractivity contribution is 0.0995. The molecule has 0 aliphatic rings. The van der Waals surface area contributed by atoms with Gasteiger partial charge < -0.3 is 9.73 Å². The van der Waals surface area contributed by atoms with Gasteiger partial charge in [0.05, 0.1) is 6.20 Å². The lowest BCUT2D eigenvalue weighted by atomic mass is 10.1. The van der Waals surface area contributed by atoms with Crippen LogP contribution in [-0.2, 0) is 0 Å². The Morgan fingerprint density at radius 1 is 1.29 bits per heavy atom. The van der Waals surface area contributed by atoms with Crippen LogP contribution in [-0.4, -0.2) is 10.9 Å². The van der Waals surface area contributed by atoms with Gasteiger partial charge >= 0.3 is 0 Å². The number of hydrogen-bond acceptors (Lipinski definition) is 3. The zero-order valence-corrected chi connectivity index (χ0v) is 10.1. The Balaban J connectivity index is 2.21. The molecule has 1 amide bonds. The van der Waals surface area contributed by atoms with Crippen LogP contribution >= 0.6 is 0 Å². The summed E-state index contributed by atoms with van der Waals surface area (Å²) in [5.74, 6) is 0.429. The first-order valence-corrected chi connectivity index (χ1v) is 5.38. The molecule has 0 bridgehead atoms. The molecule has 1 N–H and O–H groups in total. The molecular formula is C13H14N2O2. The highest BCUT2D eigenvalue weighted by Gasteiger charge is 2.12. The molecule has 0 spiro atoms. The summed E-state index contributed by atoms with van der Waals surface area (Å²) >= 11 is 0. The molecule has 1 aromatic heterocycles. The molecule has 0 aliphatic heterocycles. The monoisotopic (exact) mass is 230 g/mol. The van der Waals surface area contributed by atoms with E-state index < -0.39 is 0 Å². The number of amides is 1. The number of aryl methyl sites for hydroxylation is 2. The van der Waals surface area contributed by atoms with E-state index in [0.29, 0.717) is 5.89 Å². The molecule has 1 heterocycles. The fourth-order valence-electron chi connectivity index (χ4n) is 1.54. The maximum atomic E-state index is 11.8. The average molecular weight is 230 g/mol. The van der Waals surface area contributed by atoms with Gasteiger partial charge in [-0.15, -0.1) is 0 Å². The Kier molecular flexibility index (Phi) is 2.95. The SMILES string of the molecule is Cc1ncc(C(=O)Nc2cccc(C)c2C)o1. The Hall–Kier alpha value is -2.10. The normalized spacial score (nSPS) is 10.3. The summed E-state index contributed by atoms with van der Waals surface area (Å²) in [4.78, 5) is 15.7. The smallest absolute Gasteiger partial charge is 0.293 e. The van der Waals surface area contributed by atoms with Crippen molar-refractivity contribution in [2.24, 2.45) is 0 Å². The number of benzene rings is 1. The largest absolute Gasteiger partial charge is 0.436 e. The van der Waals surface area contributed by atoms with Crippen molar-refractivity contribution in [1.82, 2.24) is 4.98 Å². The van der Waals surface area contributed by atoms with E-state index in [-0.39, 0.29) is 11.7 Å². The second-order valence-electron chi connectivity index (χ2n) is 3.95. The van der Waals surface area contributed by atoms with E-state index in [1.54, 1.807) is 6.92 Å². The van der Waals surface area contributed by atoms with Crippen LogP contribution in [0, 0.1) is 20.8 Å². The van der Waals surface area contributed by atoms with E-state index >= 15 is 0 Å². The third kappa shape index (κ3) is 2.36. The molecule has 0 aliphatic carbocycles. The van der Waals surface area contributed by atoms with Crippen molar-refractivity contribution in [2.45, 2.75) is 20.8 Å². The summed E-state index contributed by atoms with van der Waals surface area (Å²) < 4.78 is 5.16. The van der Waals surface area contributed by atoms with Crippen molar-refractivity contribution in [2.75, 3.05) is 5.32 Å². The number of carbonyl (C=O) groups excluding carboxylic acids is 1. The minimum absolute atomic E-state index is 0.225. The summed E-state index contributed by atoms with van der Waals surface area (Å²) in [6.07, 6.45) is 1.43. The maximum Gasteiger partial charge on any atom is 0.293 e. The van der Waals surface area contributed by atoms with Crippen LogP contribution in [0.15, 0.2) is 28.8 Å². The number of carbonyl (C=O) groups is 1. The third-order valence-electron chi connectivity index (χ3n) is 2.70. The molecule has 0 radical (unpaired) electrons. The minimum atomic E-state index is -0.278. The Bertz CT molecular complexity index is 558. The molecule has 0 atom stereocenters. The Labute approximate surface area is 99.7 Å². The lowest BCUT2D eigenvalue weighted by Gasteiger charge is -2.08. The molecule has 17 heavy (non-hydrogen) atoms. The second kappa shape index (κ2) is 4.41. The van der Waals surface area contributed by atoms with E-state index in [9.17, 15) is 4.79 Å². The number of aromatic nitrogens is 1. The van der Waals surface area contributed by atoms with Crippen molar-refractivity contribution in [3.8, 4) is 0 Å². The molecule has 88 valence electrons. The molecule has 2 aromatic rings. The van der Waals surface area contributed by atoms with Crippen LogP contribution < -0.4 is 5.32 Å². The van der Waals surface area contributed by atoms with Gasteiger partial charge in [-0.25, -0.2) is 4.98 Å². The molecule has 0 saturated heterocycles. The van der Waals surface area contributed by atoms with Crippen molar-refractivity contribution < 1.29 is 9.21 Å². The van der Waals surface area contributed by atoms with Crippen LogP contribution in [0.2, 0.25) is 0 Å². The zero-order chi connectivity index (χ0) is 12.4. The highest BCUT2D eigenvalue weighted by atomic mass is 16.4. The lowest BCUT2D eigenvalue weighted by Crippen LogP contribution is -2.12. The van der Waals surface area contributed by atoms with Gasteiger partial charge in [-0.05, 0) is 31.0 Å². The predicted octanol–water partition coefficient (Wildman–Crippen LogP) is 2.85. The quantitative estimate of drug-likeness (QED) is 0.863. The molecular weight excluding hydrogens is 216 g/mol. The Morgan fingerprint density at radius 2 is 2.06 bits per heavy atom. The second-order valence-corrected chi connectivity index (χ2v) is 3.95. The van der Waals surface area contributed by atoms with E-state index in [0.717, 1.165) is 16.8 Å². The summed E-state index contributed by atoms with van der Waals surface area (Å²) in [6.45, 7) is 5.68. The third-order valence-corrected chi connectivity index (χ3v) is 2.70. The highest BCUT2D eigenvalue weighted by Crippen LogP contribution is 2.18. The molecule has 4 nitrogen and oxygen atoms in total. The van der Waals surface area contributed by atoms with Gasteiger partial charge in [0.15, 0.2) is 5.89 Å². The van der Waals surface area contributed by atoms with Gasteiger partial charge in [0.25, 0.3) is 5.91 Å². The molecule has 0 saturated carbocycles. The van der Waals surface area contributed by atoms with E-state index in [1.807, 2.05) is 32.0 Å². The molecule has 1 aromatic carbocycles. The number of nitrogens with zero attached hydrogens (tertiary/aromatic N) is 1. The highest BCUT2D eigenvalue weighted by molar-refractivity contribution is 6.02. The van der Waals surface area contributed by atoms with Crippen molar-refractivity contribution in [3.05, 3.63) is 47.2 Å². The number of oxazole rings is 1. The van der Waals surface area contributed by atoms with Gasteiger partial charge in [0, 0.05) is 12.6 Å². The number of nitrogens with one attached hydrogen (secondary N) is 1. The van der Waals surface area contributed by atoms with Crippen molar-refractivity contribution in [1.29, 1.82) is 0 Å². The van der Waals surface area contributed by atoms with E-state index in [4.69, 9.17) is 4.42 Å². The standard InChI is InChI=1S/C13H14N2O2/c1-8-5-4-6-11(9(8)2)15-13(16)12-7-14-10(3)17-12/h4-7H,1-3H3,(H,15,16). The van der Waals surface area contributed by atoms with Crippen molar-refractivity contribution >= 4 is 11.6 Å². The van der Waals surface area contributed by atoms with E-state index in [2.05, 4.69) is 10.3 Å². The zero-order valence-electron chi connectivity index (χ0n) is 10.1. The predicted molar refractivity (Wildman–Crippen MR) is 65.1 cm³/mol. The first-order chi connectivity index (χ1) is 8.08. The topological polar surface area (TPSA) is 55.1 Å². The van der Waals surface area contributed by atoms with Crippen LogP contribution in [0.4, 0.5) is 5.69 Å². The fourth-order valence-corrected chi connectivity index (χ4v) is 1.54. The molecule has 0 unspecified atom stereocenters. The summed E-state index contributed by atoms with van der Waals surface area (Å²) in [5, 5.41) is 2.81. The van der Waals surface area contributed by atoms with Crippen LogP contribution in [0.25, 0.3) is 0 Å². The summed E-state index contributed by atoms with van der Waals surface area (Å²) in [6, 6.07) is 5.77. The van der Waals surface area contributed by atoms with E-state index in [1.165, 1.54) is 6.20 Å². The van der Waals surface area contributed by atoms with Gasteiger partial charge in [-0.2, -0.15) is 0 Å². The summed E-state index contributed by atoms with van der Waals surface area (Å²) in [7, 11) is 0. The van der Waals surface area contributed by atoms with Crippen molar-refractivity contribution in [3.63, 3.8) is 0 Å². The molecule has 0 fully saturated rings. The summed E-state index contributed by atoms with van der Waals surface area (Å²) in [5.41, 5.74) is 2.98. The van der Waals surface area contributed by atoms with Crippen LogP contribution in [0.5, 0.6) is 0 Å². The molecule has 4 heteroatoms. The van der Waals surface area contributed by atoms with Gasteiger partial charge in [0.1, 0.15) is 0 Å². The average Bonchev–Trinajstić information content (AvgIpc) is 2.72. The maximum absolute atomic E-state index is 11.8. The fraction of sp³-hybridized carbons (Fsp3) is 0.231. The first-order valence-electron chi connectivity index (χ1n) is 5.38. The minimum Gasteiger partial charge on any atom is -0.436 e.